The fourth-order valence-corrected chi connectivity index (χ4v) is 2.07. The zero-order valence-electron chi connectivity index (χ0n) is 14.6. The number of nitrogens with one attached hydrogen (secondary N) is 1. The van der Waals surface area contributed by atoms with Crippen molar-refractivity contribution in [3.8, 4) is 0 Å². The predicted molar refractivity (Wildman–Crippen MR) is 99.9 cm³/mol. The van der Waals surface area contributed by atoms with Crippen LogP contribution in [0.15, 0.2) is 78.7 Å². The number of ether oxygens (including phenoxy) is 1. The molecule has 1 rings (SSSR count). The third kappa shape index (κ3) is 8.10. The molecule has 0 aromatic heterocycles. The van der Waals surface area contributed by atoms with Crippen LogP contribution in [0.5, 0.6) is 0 Å². The third-order valence-corrected chi connectivity index (χ3v) is 3.57. The number of allylic oxidation sites excluding steroid dienone is 6. The fourth-order valence-electron chi connectivity index (χ4n) is 2.07. The Bertz CT molecular complexity index is 540. The lowest BCUT2D eigenvalue weighted by atomic mass is 10.1. The van der Waals surface area contributed by atoms with Crippen LogP contribution in [0.4, 0.5) is 0 Å². The Morgan fingerprint density at radius 3 is 2.65 bits per heavy atom. The van der Waals surface area contributed by atoms with Crippen LogP contribution in [-0.4, -0.2) is 7.05 Å². The Morgan fingerprint density at radius 1 is 1.30 bits per heavy atom. The van der Waals surface area contributed by atoms with Gasteiger partial charge in [-0.3, -0.25) is 0 Å². The van der Waals surface area contributed by atoms with Crippen molar-refractivity contribution >= 4 is 0 Å². The number of hydrogen-bond donors (Lipinski definition) is 1. The highest BCUT2D eigenvalue weighted by Crippen LogP contribution is 2.16. The van der Waals surface area contributed by atoms with Crippen LogP contribution in [0.3, 0.4) is 0 Å². The highest BCUT2D eigenvalue weighted by molar-refractivity contribution is 5.17. The minimum Gasteiger partial charge on any atom is -0.494 e. The molecule has 1 unspecified atom stereocenters. The number of hydrogen-bond acceptors (Lipinski definition) is 2. The Balaban J connectivity index is 2.63. The largest absolute Gasteiger partial charge is 0.494 e. The van der Waals surface area contributed by atoms with E-state index in [2.05, 4.69) is 49.2 Å². The zero-order valence-corrected chi connectivity index (χ0v) is 14.6. The van der Waals surface area contributed by atoms with Crippen molar-refractivity contribution in [3.63, 3.8) is 0 Å². The molecule has 0 aliphatic heterocycles. The van der Waals surface area contributed by atoms with Gasteiger partial charge in [0.15, 0.2) is 0 Å². The van der Waals surface area contributed by atoms with E-state index in [4.69, 9.17) is 4.74 Å². The highest BCUT2D eigenvalue weighted by Gasteiger charge is 2.04. The minimum absolute atomic E-state index is 0.407. The van der Waals surface area contributed by atoms with Gasteiger partial charge in [-0.25, -0.2) is 0 Å². The van der Waals surface area contributed by atoms with E-state index in [0.29, 0.717) is 12.5 Å². The molecule has 1 aromatic rings. The van der Waals surface area contributed by atoms with E-state index in [-0.39, 0.29) is 0 Å². The molecule has 2 nitrogen and oxygen atoms in total. The molecular formula is C21H29NO. The molecule has 0 amide bonds. The normalized spacial score (nSPS) is 13.9. The van der Waals surface area contributed by atoms with E-state index in [1.807, 2.05) is 44.3 Å². The average Bonchev–Trinajstić information content (AvgIpc) is 2.60. The van der Waals surface area contributed by atoms with Crippen LogP contribution in [0, 0.1) is 5.92 Å². The van der Waals surface area contributed by atoms with Gasteiger partial charge in [-0.2, -0.15) is 0 Å². The summed E-state index contributed by atoms with van der Waals surface area (Å²) in [6.07, 6.45) is 12.1. The molecule has 0 saturated carbocycles. The van der Waals surface area contributed by atoms with Gasteiger partial charge in [0.1, 0.15) is 6.61 Å². The molecule has 0 heterocycles. The van der Waals surface area contributed by atoms with E-state index in [1.165, 1.54) is 5.56 Å². The van der Waals surface area contributed by atoms with Crippen molar-refractivity contribution in [3.05, 3.63) is 84.3 Å². The van der Waals surface area contributed by atoms with Crippen LogP contribution >= 0.6 is 0 Å². The second-order valence-corrected chi connectivity index (χ2v) is 5.49. The highest BCUT2D eigenvalue weighted by atomic mass is 16.5. The quantitative estimate of drug-likeness (QED) is 0.356. The lowest BCUT2D eigenvalue weighted by Gasteiger charge is -2.13. The third-order valence-electron chi connectivity index (χ3n) is 3.57. The summed E-state index contributed by atoms with van der Waals surface area (Å²) >= 11 is 0. The van der Waals surface area contributed by atoms with E-state index >= 15 is 0 Å². The molecule has 1 N–H and O–H groups in total. The summed E-state index contributed by atoms with van der Waals surface area (Å²) in [5.41, 5.74) is 2.30. The topological polar surface area (TPSA) is 21.3 Å². The molecule has 0 saturated heterocycles. The van der Waals surface area contributed by atoms with Crippen molar-refractivity contribution < 1.29 is 4.74 Å². The number of likely N-dealkylation sites (N-methyl/N-ethyl adjacent to an activating group) is 1. The van der Waals surface area contributed by atoms with Crippen molar-refractivity contribution in [2.75, 3.05) is 7.05 Å². The van der Waals surface area contributed by atoms with Crippen LogP contribution in [0.25, 0.3) is 0 Å². The monoisotopic (exact) mass is 311 g/mol. The SMILES string of the molecule is C=CC(C)C/C(=C/C/C=C\C(=C/C)NC)OCc1ccccc1. The Kier molecular flexibility index (Phi) is 9.30. The second kappa shape index (κ2) is 11.4. The summed E-state index contributed by atoms with van der Waals surface area (Å²) in [5, 5.41) is 3.14. The Morgan fingerprint density at radius 2 is 2.04 bits per heavy atom. The van der Waals surface area contributed by atoms with E-state index in [0.717, 1.165) is 24.3 Å². The lowest BCUT2D eigenvalue weighted by Crippen LogP contribution is -2.02. The van der Waals surface area contributed by atoms with Crippen LogP contribution < -0.4 is 5.32 Å². The predicted octanol–water partition coefficient (Wildman–Crippen LogP) is 5.37. The summed E-state index contributed by atoms with van der Waals surface area (Å²) in [6, 6.07) is 10.3. The molecular weight excluding hydrogens is 282 g/mol. The lowest BCUT2D eigenvalue weighted by molar-refractivity contribution is 0.183. The fraction of sp³-hybridized carbons (Fsp3) is 0.333. The molecule has 1 atom stereocenters. The maximum absolute atomic E-state index is 6.01. The van der Waals surface area contributed by atoms with Gasteiger partial charge in [-0.15, -0.1) is 6.58 Å². The van der Waals surface area contributed by atoms with Gasteiger partial charge in [-0.05, 0) is 37.0 Å². The first-order chi connectivity index (χ1) is 11.2. The summed E-state index contributed by atoms with van der Waals surface area (Å²) < 4.78 is 6.01. The van der Waals surface area contributed by atoms with Crippen LogP contribution in [0.1, 0.15) is 32.3 Å². The van der Waals surface area contributed by atoms with Gasteiger partial charge >= 0.3 is 0 Å². The molecule has 23 heavy (non-hydrogen) atoms. The maximum Gasteiger partial charge on any atom is 0.113 e. The second-order valence-electron chi connectivity index (χ2n) is 5.49. The molecule has 1 aromatic carbocycles. The van der Waals surface area contributed by atoms with Gasteiger partial charge in [0, 0.05) is 19.2 Å². The molecule has 0 fully saturated rings. The maximum atomic E-state index is 6.01. The molecule has 0 aliphatic carbocycles. The van der Waals surface area contributed by atoms with Gasteiger partial charge in [0.05, 0.1) is 5.76 Å². The van der Waals surface area contributed by atoms with Crippen molar-refractivity contribution in [1.29, 1.82) is 0 Å². The summed E-state index contributed by atoms with van der Waals surface area (Å²) in [6.45, 7) is 8.64. The smallest absolute Gasteiger partial charge is 0.113 e. The van der Waals surface area contributed by atoms with Gasteiger partial charge in [-0.1, -0.05) is 55.5 Å². The molecule has 0 spiro atoms. The Labute approximate surface area is 141 Å². The van der Waals surface area contributed by atoms with Crippen molar-refractivity contribution in [1.82, 2.24) is 5.32 Å². The molecule has 0 aliphatic rings. The summed E-state index contributed by atoms with van der Waals surface area (Å²) in [4.78, 5) is 0. The van der Waals surface area contributed by atoms with Crippen molar-refractivity contribution in [2.45, 2.75) is 33.3 Å². The first-order valence-corrected chi connectivity index (χ1v) is 8.18. The minimum atomic E-state index is 0.407. The van der Waals surface area contributed by atoms with Crippen LogP contribution in [0.2, 0.25) is 0 Å². The number of rotatable bonds is 10. The zero-order chi connectivity index (χ0) is 16.9. The molecule has 124 valence electrons. The van der Waals surface area contributed by atoms with E-state index in [1.54, 1.807) is 0 Å². The number of benzene rings is 1. The van der Waals surface area contributed by atoms with Gasteiger partial charge in [0.2, 0.25) is 0 Å². The van der Waals surface area contributed by atoms with E-state index < -0.39 is 0 Å². The van der Waals surface area contributed by atoms with E-state index in [9.17, 15) is 0 Å². The first kappa shape index (κ1) is 18.8. The standard InChI is InChI=1S/C21H29NO/c1-5-18(3)16-21(15-11-10-14-20(6-2)22-4)23-17-19-12-8-7-9-13-19/h5-10,12-15,18,22H,1,11,16-17H2,2-4H3/b14-10-,20-6+,21-15-. The molecule has 0 bridgehead atoms. The van der Waals surface area contributed by atoms with Gasteiger partial charge in [0.25, 0.3) is 0 Å². The summed E-state index contributed by atoms with van der Waals surface area (Å²) in [5.74, 6) is 1.43. The Hall–Kier alpha value is -2.22. The van der Waals surface area contributed by atoms with Gasteiger partial charge < -0.3 is 10.1 Å². The van der Waals surface area contributed by atoms with Crippen molar-refractivity contribution in [2.24, 2.45) is 5.92 Å². The first-order valence-electron chi connectivity index (χ1n) is 8.18. The molecule has 2 heteroatoms. The summed E-state index contributed by atoms with van der Waals surface area (Å²) in [7, 11) is 1.93. The van der Waals surface area contributed by atoms with Crippen LogP contribution in [-0.2, 0) is 11.3 Å². The molecule has 0 radical (unpaired) electrons. The average molecular weight is 311 g/mol.